The molecule has 0 saturated carbocycles. The molecule has 2 aromatic heterocycles. The normalized spacial score (nSPS) is 20.4. The van der Waals surface area contributed by atoms with Crippen LogP contribution in [0.1, 0.15) is 32.3 Å². The van der Waals surface area contributed by atoms with Gasteiger partial charge in [0.05, 0.1) is 23.5 Å². The zero-order valence-corrected chi connectivity index (χ0v) is 22.8. The lowest BCUT2D eigenvalue weighted by molar-refractivity contribution is -0.137. The molecule has 1 amide bonds. The summed E-state index contributed by atoms with van der Waals surface area (Å²) in [5.74, 6) is 0.0322. The van der Waals surface area contributed by atoms with Crippen LogP contribution >= 0.6 is 7.92 Å². The van der Waals surface area contributed by atoms with Gasteiger partial charge < -0.3 is 25.3 Å². The van der Waals surface area contributed by atoms with Gasteiger partial charge >= 0.3 is 6.18 Å². The molecule has 204 valence electrons. The minimum Gasteiger partial charge on any atom is -0.370 e. The molecule has 12 heteroatoms. The minimum atomic E-state index is -4.63. The number of morpholine rings is 1. The third kappa shape index (κ3) is 5.24. The van der Waals surface area contributed by atoms with Crippen LogP contribution in [-0.4, -0.2) is 72.1 Å². The molecule has 2 aliphatic heterocycles. The quantitative estimate of drug-likeness (QED) is 0.412. The van der Waals surface area contributed by atoms with E-state index in [0.29, 0.717) is 36.2 Å². The number of hydrogen-bond acceptors (Lipinski definition) is 6. The first-order valence-corrected chi connectivity index (χ1v) is 14.8. The molecule has 0 bridgehead atoms. The monoisotopic (exact) mass is 548 g/mol. The van der Waals surface area contributed by atoms with Gasteiger partial charge in [-0.3, -0.25) is 4.79 Å². The van der Waals surface area contributed by atoms with Gasteiger partial charge in [0.1, 0.15) is 12.2 Å². The van der Waals surface area contributed by atoms with Crippen molar-refractivity contribution in [2.75, 3.05) is 49.8 Å². The predicted molar refractivity (Wildman–Crippen MR) is 145 cm³/mol. The van der Waals surface area contributed by atoms with Gasteiger partial charge in [-0.05, 0) is 46.1 Å². The second-order valence-corrected chi connectivity index (χ2v) is 12.9. The van der Waals surface area contributed by atoms with Crippen molar-refractivity contribution < 1.29 is 22.7 Å². The summed E-state index contributed by atoms with van der Waals surface area (Å²) in [6.07, 6.45) is -0.412. The first kappa shape index (κ1) is 26.8. The molecular formula is C26H32F3N6O2P. The molecule has 2 aliphatic rings. The Hall–Kier alpha value is -2.75. The maximum atomic E-state index is 14.1. The van der Waals surface area contributed by atoms with Gasteiger partial charge in [0.25, 0.3) is 5.91 Å². The third-order valence-electron chi connectivity index (χ3n) is 7.16. The highest BCUT2D eigenvalue weighted by Crippen LogP contribution is 2.41. The fourth-order valence-electron chi connectivity index (χ4n) is 5.11. The molecule has 2 saturated heterocycles. The van der Waals surface area contributed by atoms with Gasteiger partial charge in [0.2, 0.25) is 5.95 Å². The summed E-state index contributed by atoms with van der Waals surface area (Å²) in [6, 6.07) is 3.60. The summed E-state index contributed by atoms with van der Waals surface area (Å²) >= 11 is 0. The Morgan fingerprint density at radius 3 is 2.71 bits per heavy atom. The molecule has 8 nitrogen and oxygen atoms in total. The maximum absolute atomic E-state index is 14.1. The van der Waals surface area contributed by atoms with Gasteiger partial charge in [-0.2, -0.15) is 13.2 Å². The van der Waals surface area contributed by atoms with Crippen LogP contribution in [0.25, 0.3) is 22.2 Å². The van der Waals surface area contributed by atoms with E-state index in [9.17, 15) is 18.0 Å². The molecule has 3 N–H and O–H groups in total. The summed E-state index contributed by atoms with van der Waals surface area (Å²) in [5.41, 5.74) is 0.782. The number of amides is 1. The molecule has 0 aliphatic carbocycles. The lowest BCUT2D eigenvalue weighted by atomic mass is 9.91. The summed E-state index contributed by atoms with van der Waals surface area (Å²) < 4.78 is 47.6. The van der Waals surface area contributed by atoms with Crippen molar-refractivity contribution in [2.24, 2.45) is 0 Å². The van der Waals surface area contributed by atoms with Crippen LogP contribution in [0.15, 0.2) is 24.5 Å². The van der Waals surface area contributed by atoms with Crippen LogP contribution in [0.4, 0.5) is 24.8 Å². The number of fused-ring (bicyclic) bond motifs is 1. The SMILES string of the molecule is CP(C)c1c(N2CCOCC2=O)ccc2c(-c3nc(NC4CCC(C)(C)NC4)ncc3C(F)(F)F)c[nH]c12. The number of hydrogen-bond donors (Lipinski definition) is 3. The van der Waals surface area contributed by atoms with E-state index in [1.54, 1.807) is 17.2 Å². The van der Waals surface area contributed by atoms with E-state index in [4.69, 9.17) is 4.74 Å². The Bertz CT molecular complexity index is 1350. The van der Waals surface area contributed by atoms with Gasteiger partial charge in [-0.1, -0.05) is 14.0 Å². The minimum absolute atomic E-state index is 0.0124. The number of benzene rings is 1. The smallest absolute Gasteiger partial charge is 0.370 e. The van der Waals surface area contributed by atoms with Crippen molar-refractivity contribution in [3.63, 3.8) is 0 Å². The highest BCUT2D eigenvalue weighted by Gasteiger charge is 2.37. The molecule has 1 unspecified atom stereocenters. The van der Waals surface area contributed by atoms with Crippen LogP contribution in [0.2, 0.25) is 0 Å². The lowest BCUT2D eigenvalue weighted by Gasteiger charge is -2.36. The second-order valence-electron chi connectivity index (χ2n) is 10.6. The number of ether oxygens (including phenoxy) is 1. The summed E-state index contributed by atoms with van der Waals surface area (Å²) in [5, 5.41) is 8.21. The molecule has 0 radical (unpaired) electrons. The van der Waals surface area contributed by atoms with Gasteiger partial charge in [-0.25, -0.2) is 9.97 Å². The van der Waals surface area contributed by atoms with Crippen LogP contribution in [-0.2, 0) is 15.7 Å². The number of halogens is 3. The number of carbonyl (C=O) groups is 1. The van der Waals surface area contributed by atoms with E-state index >= 15 is 0 Å². The zero-order chi connectivity index (χ0) is 27.2. The first-order valence-electron chi connectivity index (χ1n) is 12.6. The van der Waals surface area contributed by atoms with Crippen LogP contribution in [0.5, 0.6) is 0 Å². The zero-order valence-electron chi connectivity index (χ0n) is 21.9. The Morgan fingerprint density at radius 2 is 2.05 bits per heavy atom. The van der Waals surface area contributed by atoms with Crippen molar-refractivity contribution in [2.45, 2.75) is 44.4 Å². The van der Waals surface area contributed by atoms with E-state index in [2.05, 4.69) is 52.8 Å². The number of alkyl halides is 3. The Balaban J connectivity index is 1.57. The number of aromatic nitrogens is 3. The van der Waals surface area contributed by atoms with E-state index in [1.165, 1.54) is 0 Å². The molecule has 2 fully saturated rings. The van der Waals surface area contributed by atoms with Crippen molar-refractivity contribution in [3.8, 4) is 11.3 Å². The molecular weight excluding hydrogens is 516 g/mol. The standard InChI is InChI=1S/C26H32F3N6O2P/c1-25(2)8-7-15(11-32-25)33-24-31-13-18(26(27,28)29)21(34-24)17-12-30-22-16(17)5-6-19(23(22)38(3)4)35-9-10-37-14-20(35)36/h5-6,12-13,15,30,32H,7-11,14H2,1-4H3,(H,31,33,34). The molecule has 5 rings (SSSR count). The van der Waals surface area contributed by atoms with Gasteiger partial charge in [-0.15, -0.1) is 0 Å². The number of rotatable bonds is 5. The Labute approximate surface area is 220 Å². The predicted octanol–water partition coefficient (Wildman–Crippen LogP) is 4.32. The van der Waals surface area contributed by atoms with Crippen LogP contribution in [0.3, 0.4) is 0 Å². The number of anilines is 2. The lowest BCUT2D eigenvalue weighted by Crippen LogP contribution is -2.50. The average Bonchev–Trinajstić information content (AvgIpc) is 3.28. The molecule has 3 aromatic rings. The van der Waals surface area contributed by atoms with E-state index in [0.717, 1.165) is 30.0 Å². The molecule has 1 atom stereocenters. The number of carbonyl (C=O) groups excluding carboxylic acids is 1. The highest BCUT2D eigenvalue weighted by molar-refractivity contribution is 7.65. The van der Waals surface area contributed by atoms with Gasteiger partial charge in [0.15, 0.2) is 0 Å². The number of H-pyrrole nitrogens is 1. The average molecular weight is 549 g/mol. The number of piperidine rings is 1. The van der Waals surface area contributed by atoms with Crippen molar-refractivity contribution in [1.29, 1.82) is 0 Å². The van der Waals surface area contributed by atoms with Crippen LogP contribution in [0, 0.1) is 0 Å². The van der Waals surface area contributed by atoms with Crippen molar-refractivity contribution in [1.82, 2.24) is 20.3 Å². The summed E-state index contributed by atoms with van der Waals surface area (Å²) in [6.45, 7) is 9.92. The molecule has 0 spiro atoms. The molecule has 38 heavy (non-hydrogen) atoms. The second kappa shape index (κ2) is 10.1. The van der Waals surface area contributed by atoms with Crippen LogP contribution < -0.4 is 20.8 Å². The van der Waals surface area contributed by atoms with Crippen molar-refractivity contribution >= 4 is 41.7 Å². The topological polar surface area (TPSA) is 95.2 Å². The maximum Gasteiger partial charge on any atom is 0.419 e. The largest absolute Gasteiger partial charge is 0.419 e. The Morgan fingerprint density at radius 1 is 1.26 bits per heavy atom. The van der Waals surface area contributed by atoms with Crippen molar-refractivity contribution in [3.05, 3.63) is 30.1 Å². The van der Waals surface area contributed by atoms with E-state index < -0.39 is 19.7 Å². The third-order valence-corrected chi connectivity index (χ3v) is 8.51. The fraction of sp³-hybridized carbons (Fsp3) is 0.500. The Kier molecular flexibility index (Phi) is 7.13. The molecule has 4 heterocycles. The van der Waals surface area contributed by atoms with E-state index in [-0.39, 0.29) is 35.7 Å². The summed E-state index contributed by atoms with van der Waals surface area (Å²) in [7, 11) is -0.712. The first-order chi connectivity index (χ1) is 17.9. The van der Waals surface area contributed by atoms with E-state index in [1.807, 2.05) is 6.07 Å². The molecule has 1 aromatic carbocycles. The fourth-order valence-corrected chi connectivity index (χ4v) is 6.39. The van der Waals surface area contributed by atoms with Gasteiger partial charge in [0, 0.05) is 53.3 Å². The number of aromatic amines is 1. The number of nitrogens with one attached hydrogen (secondary N) is 3. The highest BCUT2D eigenvalue weighted by atomic mass is 31.1. The number of nitrogens with zero attached hydrogens (tertiary/aromatic N) is 3. The summed E-state index contributed by atoms with van der Waals surface area (Å²) in [4.78, 5) is 25.9.